The first-order valence-electron chi connectivity index (χ1n) is 6.45. The summed E-state index contributed by atoms with van der Waals surface area (Å²) < 4.78 is 0. The number of hydrogen-bond acceptors (Lipinski definition) is 2. The molecule has 1 heterocycles. The molecule has 0 saturated carbocycles. The molecule has 18 heavy (non-hydrogen) atoms. The molecule has 0 bridgehead atoms. The number of fused-ring (bicyclic) bond motifs is 1. The molecule has 0 aromatic heterocycles. The van der Waals surface area contributed by atoms with Gasteiger partial charge in [-0.2, -0.15) is 0 Å². The molecule has 2 aromatic rings. The van der Waals surface area contributed by atoms with Gasteiger partial charge < -0.3 is 10.6 Å². The van der Waals surface area contributed by atoms with Crippen molar-refractivity contribution in [3.05, 3.63) is 65.7 Å². The molecule has 0 spiro atoms. The Hall–Kier alpha value is -1.80. The number of hydrogen-bond donors (Lipinski definition) is 2. The third-order valence-corrected chi connectivity index (χ3v) is 3.67. The maximum atomic E-state index is 3.62. The van der Waals surface area contributed by atoms with E-state index in [1.807, 2.05) is 7.05 Å². The molecule has 1 aliphatic heterocycles. The van der Waals surface area contributed by atoms with E-state index >= 15 is 0 Å². The van der Waals surface area contributed by atoms with Crippen molar-refractivity contribution in [1.29, 1.82) is 0 Å². The van der Waals surface area contributed by atoms with Crippen LogP contribution in [0.5, 0.6) is 0 Å². The van der Waals surface area contributed by atoms with Gasteiger partial charge in [-0.3, -0.25) is 0 Å². The van der Waals surface area contributed by atoms with Crippen LogP contribution in [-0.2, 0) is 6.42 Å². The van der Waals surface area contributed by atoms with E-state index in [1.165, 1.54) is 16.8 Å². The van der Waals surface area contributed by atoms with Gasteiger partial charge in [-0.15, -0.1) is 0 Å². The van der Waals surface area contributed by atoms with Gasteiger partial charge in [0.2, 0.25) is 0 Å². The summed E-state index contributed by atoms with van der Waals surface area (Å²) in [4.78, 5) is 0. The van der Waals surface area contributed by atoms with Crippen LogP contribution in [-0.4, -0.2) is 13.1 Å². The van der Waals surface area contributed by atoms with Gasteiger partial charge in [0, 0.05) is 11.7 Å². The van der Waals surface area contributed by atoms with Crippen molar-refractivity contribution in [3.63, 3.8) is 0 Å². The van der Waals surface area contributed by atoms with Crippen LogP contribution in [0.15, 0.2) is 54.6 Å². The van der Waals surface area contributed by atoms with E-state index in [0.717, 1.165) is 6.42 Å². The Labute approximate surface area is 108 Å². The maximum Gasteiger partial charge on any atom is 0.0525 e. The lowest BCUT2D eigenvalue weighted by Crippen LogP contribution is -2.33. The van der Waals surface area contributed by atoms with Crippen molar-refractivity contribution < 1.29 is 0 Å². The SMILES string of the molecule is CNC(c1ccccc1)C1Cc2ccccc2N1. The lowest BCUT2D eigenvalue weighted by atomic mass is 9.97. The second kappa shape index (κ2) is 4.83. The predicted molar refractivity (Wildman–Crippen MR) is 75.8 cm³/mol. The number of likely N-dealkylation sites (N-methyl/N-ethyl adjacent to an activating group) is 1. The molecule has 1 aliphatic rings. The van der Waals surface area contributed by atoms with Gasteiger partial charge in [-0.1, -0.05) is 48.5 Å². The number of rotatable bonds is 3. The summed E-state index contributed by atoms with van der Waals surface area (Å²) in [6.45, 7) is 0. The Kier molecular flexibility index (Phi) is 3.03. The monoisotopic (exact) mass is 238 g/mol. The van der Waals surface area contributed by atoms with Crippen LogP contribution in [0.25, 0.3) is 0 Å². The molecule has 0 amide bonds. The highest BCUT2D eigenvalue weighted by Crippen LogP contribution is 2.31. The molecule has 2 unspecified atom stereocenters. The molecule has 2 heteroatoms. The molecular formula is C16H18N2. The summed E-state index contributed by atoms with van der Waals surface area (Å²) in [5, 5.41) is 7.05. The van der Waals surface area contributed by atoms with E-state index < -0.39 is 0 Å². The summed E-state index contributed by atoms with van der Waals surface area (Å²) in [7, 11) is 2.03. The Morgan fingerprint density at radius 3 is 2.50 bits per heavy atom. The van der Waals surface area contributed by atoms with Gasteiger partial charge in [0.1, 0.15) is 0 Å². The van der Waals surface area contributed by atoms with Crippen LogP contribution in [0.3, 0.4) is 0 Å². The van der Waals surface area contributed by atoms with Crippen molar-refractivity contribution in [2.75, 3.05) is 12.4 Å². The average Bonchev–Trinajstić information content (AvgIpc) is 2.84. The zero-order valence-electron chi connectivity index (χ0n) is 10.6. The second-order valence-electron chi connectivity index (χ2n) is 4.79. The van der Waals surface area contributed by atoms with Crippen molar-refractivity contribution in [3.8, 4) is 0 Å². The van der Waals surface area contributed by atoms with E-state index in [-0.39, 0.29) is 0 Å². The number of benzene rings is 2. The first-order valence-corrected chi connectivity index (χ1v) is 6.45. The minimum Gasteiger partial charge on any atom is -0.380 e. The molecule has 0 fully saturated rings. The van der Waals surface area contributed by atoms with E-state index in [9.17, 15) is 0 Å². The predicted octanol–water partition coefficient (Wildman–Crippen LogP) is 2.98. The van der Waals surface area contributed by atoms with Crippen LogP contribution in [0.4, 0.5) is 5.69 Å². The molecule has 0 aliphatic carbocycles. The van der Waals surface area contributed by atoms with Gasteiger partial charge in [0.15, 0.2) is 0 Å². The highest BCUT2D eigenvalue weighted by molar-refractivity contribution is 5.57. The van der Waals surface area contributed by atoms with Crippen LogP contribution >= 0.6 is 0 Å². The quantitative estimate of drug-likeness (QED) is 0.859. The van der Waals surface area contributed by atoms with E-state index in [2.05, 4.69) is 65.2 Å². The molecule has 2 atom stereocenters. The fourth-order valence-electron chi connectivity index (χ4n) is 2.79. The minimum atomic E-state index is 0.346. The minimum absolute atomic E-state index is 0.346. The Morgan fingerprint density at radius 1 is 1.06 bits per heavy atom. The van der Waals surface area contributed by atoms with Crippen LogP contribution in [0.1, 0.15) is 17.2 Å². The molecule has 3 rings (SSSR count). The zero-order valence-corrected chi connectivity index (χ0v) is 10.6. The Balaban J connectivity index is 1.84. The highest BCUT2D eigenvalue weighted by Gasteiger charge is 2.27. The summed E-state index contributed by atoms with van der Waals surface area (Å²) in [5.74, 6) is 0. The van der Waals surface area contributed by atoms with Crippen LogP contribution < -0.4 is 10.6 Å². The van der Waals surface area contributed by atoms with E-state index in [0.29, 0.717) is 12.1 Å². The highest BCUT2D eigenvalue weighted by atomic mass is 15.0. The number of para-hydroxylation sites is 1. The third kappa shape index (κ3) is 2.00. The summed E-state index contributed by atoms with van der Waals surface area (Å²) in [5.41, 5.74) is 4.03. The second-order valence-corrected chi connectivity index (χ2v) is 4.79. The summed E-state index contributed by atoms with van der Waals surface area (Å²) in [6, 6.07) is 20.0. The standard InChI is InChI=1S/C16H18N2/c1-17-16(12-7-3-2-4-8-12)15-11-13-9-5-6-10-14(13)18-15/h2-10,15-18H,11H2,1H3. The largest absolute Gasteiger partial charge is 0.380 e. The first-order chi connectivity index (χ1) is 8.88. The Morgan fingerprint density at radius 2 is 1.78 bits per heavy atom. The van der Waals surface area contributed by atoms with E-state index in [4.69, 9.17) is 0 Å². The van der Waals surface area contributed by atoms with E-state index in [1.54, 1.807) is 0 Å². The smallest absolute Gasteiger partial charge is 0.0525 e. The molecule has 2 N–H and O–H groups in total. The van der Waals surface area contributed by atoms with Crippen LogP contribution in [0, 0.1) is 0 Å². The van der Waals surface area contributed by atoms with Gasteiger partial charge in [0.25, 0.3) is 0 Å². The van der Waals surface area contributed by atoms with Crippen LogP contribution in [0.2, 0.25) is 0 Å². The van der Waals surface area contributed by atoms with Gasteiger partial charge in [-0.25, -0.2) is 0 Å². The summed E-state index contributed by atoms with van der Waals surface area (Å²) >= 11 is 0. The average molecular weight is 238 g/mol. The maximum absolute atomic E-state index is 3.62. The molecular weight excluding hydrogens is 220 g/mol. The molecule has 92 valence electrons. The number of anilines is 1. The first kappa shape index (κ1) is 11.3. The molecule has 0 saturated heterocycles. The lowest BCUT2D eigenvalue weighted by Gasteiger charge is -2.24. The third-order valence-electron chi connectivity index (χ3n) is 3.67. The molecule has 2 aromatic carbocycles. The molecule has 2 nitrogen and oxygen atoms in total. The van der Waals surface area contributed by atoms with Gasteiger partial charge in [0.05, 0.1) is 6.04 Å². The fourth-order valence-corrected chi connectivity index (χ4v) is 2.79. The van der Waals surface area contributed by atoms with Crippen molar-refractivity contribution in [1.82, 2.24) is 5.32 Å². The molecule has 0 radical (unpaired) electrons. The number of nitrogens with one attached hydrogen (secondary N) is 2. The normalized spacial score (nSPS) is 19.1. The van der Waals surface area contributed by atoms with Gasteiger partial charge in [-0.05, 0) is 30.7 Å². The van der Waals surface area contributed by atoms with Gasteiger partial charge >= 0.3 is 0 Å². The van der Waals surface area contributed by atoms with Crippen molar-refractivity contribution in [2.45, 2.75) is 18.5 Å². The lowest BCUT2D eigenvalue weighted by molar-refractivity contribution is 0.511. The Bertz CT molecular complexity index is 497. The van der Waals surface area contributed by atoms with Crippen molar-refractivity contribution >= 4 is 5.69 Å². The zero-order chi connectivity index (χ0) is 12.4. The van der Waals surface area contributed by atoms with Crippen molar-refractivity contribution in [2.24, 2.45) is 0 Å². The summed E-state index contributed by atoms with van der Waals surface area (Å²) in [6.07, 6.45) is 1.08. The topological polar surface area (TPSA) is 24.1 Å². The fraction of sp³-hybridized carbons (Fsp3) is 0.250.